The molecule has 1 aromatic carbocycles. The van der Waals surface area contributed by atoms with Crippen LogP contribution in [0.1, 0.15) is 5.56 Å². The average Bonchev–Trinajstić information content (AvgIpc) is 2.44. The highest BCUT2D eigenvalue weighted by atomic mass is 16.3. The Morgan fingerprint density at radius 1 is 1.37 bits per heavy atom. The molecule has 5 N–H and O–H groups in total. The molecule has 1 unspecified atom stereocenters. The first-order chi connectivity index (χ1) is 9.20. The Morgan fingerprint density at radius 2 is 2.11 bits per heavy atom. The summed E-state index contributed by atoms with van der Waals surface area (Å²) in [5.41, 5.74) is 6.34. The Hall–Kier alpha value is -2.34. The molecular formula is C13H16N4O2. The fraction of sp³-hybridized carbons (Fsp3) is 0.231. The van der Waals surface area contributed by atoms with Gasteiger partial charge in [-0.05, 0) is 12.0 Å². The number of anilines is 2. The number of H-pyrrole nitrogens is 1. The second-order valence-corrected chi connectivity index (χ2v) is 4.21. The number of hydrogen-bond acceptors (Lipinski definition) is 5. The maximum absolute atomic E-state index is 11.3. The van der Waals surface area contributed by atoms with Gasteiger partial charge in [0, 0.05) is 0 Å². The Kier molecular flexibility index (Phi) is 4.15. The van der Waals surface area contributed by atoms with E-state index in [-0.39, 0.29) is 18.3 Å². The zero-order valence-electron chi connectivity index (χ0n) is 10.3. The number of hydrogen-bond donors (Lipinski definition) is 4. The van der Waals surface area contributed by atoms with Crippen molar-refractivity contribution < 1.29 is 5.11 Å². The normalized spacial score (nSPS) is 12.1. The lowest BCUT2D eigenvalue weighted by Crippen LogP contribution is -2.29. The summed E-state index contributed by atoms with van der Waals surface area (Å²) in [7, 11) is 0. The van der Waals surface area contributed by atoms with Gasteiger partial charge >= 0.3 is 0 Å². The Labute approximate surface area is 110 Å². The van der Waals surface area contributed by atoms with Crippen molar-refractivity contribution in [2.75, 3.05) is 17.7 Å². The van der Waals surface area contributed by atoms with Crippen LogP contribution in [0, 0.1) is 0 Å². The molecular weight excluding hydrogens is 244 g/mol. The first kappa shape index (κ1) is 13.1. The van der Waals surface area contributed by atoms with E-state index in [0.29, 0.717) is 12.2 Å². The van der Waals surface area contributed by atoms with E-state index in [1.807, 2.05) is 30.3 Å². The number of nitrogens with zero attached hydrogens (tertiary/aromatic N) is 1. The molecule has 0 aliphatic carbocycles. The molecule has 19 heavy (non-hydrogen) atoms. The van der Waals surface area contributed by atoms with Gasteiger partial charge in [-0.3, -0.25) is 4.79 Å². The van der Waals surface area contributed by atoms with E-state index in [4.69, 9.17) is 5.73 Å². The number of aromatic nitrogens is 2. The standard InChI is InChI=1S/C13H16N4O2/c14-11-12(15-8-16-13(11)19)17-10(7-18)6-9-4-2-1-3-5-9/h1-5,8,10,18H,6-7,14H2,(H2,15,16,17,19). The molecule has 6 heteroatoms. The van der Waals surface area contributed by atoms with E-state index in [0.717, 1.165) is 5.56 Å². The van der Waals surface area contributed by atoms with E-state index in [2.05, 4.69) is 15.3 Å². The van der Waals surface area contributed by atoms with Crippen molar-refractivity contribution in [1.82, 2.24) is 9.97 Å². The van der Waals surface area contributed by atoms with E-state index in [1.54, 1.807) is 0 Å². The molecule has 0 amide bonds. The summed E-state index contributed by atoms with van der Waals surface area (Å²) in [6, 6.07) is 9.49. The number of nitrogens with two attached hydrogens (primary N) is 1. The molecule has 0 spiro atoms. The Morgan fingerprint density at radius 3 is 2.79 bits per heavy atom. The third-order valence-electron chi connectivity index (χ3n) is 2.78. The van der Waals surface area contributed by atoms with Gasteiger partial charge in [-0.2, -0.15) is 0 Å². The Bertz CT molecular complexity index is 583. The molecule has 0 saturated heterocycles. The molecule has 0 bridgehead atoms. The topological polar surface area (TPSA) is 104 Å². The van der Waals surface area contributed by atoms with Gasteiger partial charge in [-0.1, -0.05) is 30.3 Å². The smallest absolute Gasteiger partial charge is 0.276 e. The predicted molar refractivity (Wildman–Crippen MR) is 73.9 cm³/mol. The highest BCUT2D eigenvalue weighted by Crippen LogP contribution is 2.12. The second kappa shape index (κ2) is 6.01. The molecule has 2 rings (SSSR count). The molecule has 0 aliphatic rings. The lowest BCUT2D eigenvalue weighted by Gasteiger charge is -2.17. The summed E-state index contributed by atoms with van der Waals surface area (Å²) in [4.78, 5) is 17.7. The summed E-state index contributed by atoms with van der Waals surface area (Å²) in [5, 5.41) is 12.4. The fourth-order valence-electron chi connectivity index (χ4n) is 1.78. The minimum Gasteiger partial charge on any atom is -0.394 e. The van der Waals surface area contributed by atoms with Gasteiger partial charge < -0.3 is 21.1 Å². The first-order valence-electron chi connectivity index (χ1n) is 5.95. The van der Waals surface area contributed by atoms with Crippen LogP contribution in [0.25, 0.3) is 0 Å². The molecule has 6 nitrogen and oxygen atoms in total. The van der Waals surface area contributed by atoms with E-state index >= 15 is 0 Å². The van der Waals surface area contributed by atoms with Crippen molar-refractivity contribution >= 4 is 11.5 Å². The maximum Gasteiger partial charge on any atom is 0.276 e. The van der Waals surface area contributed by atoms with Gasteiger partial charge in [-0.25, -0.2) is 4.98 Å². The van der Waals surface area contributed by atoms with Gasteiger partial charge in [0.2, 0.25) is 0 Å². The first-order valence-corrected chi connectivity index (χ1v) is 5.95. The minimum atomic E-state index is -0.395. The van der Waals surface area contributed by atoms with E-state index < -0.39 is 5.56 Å². The van der Waals surface area contributed by atoms with Crippen molar-refractivity contribution in [2.24, 2.45) is 0 Å². The van der Waals surface area contributed by atoms with Crippen LogP contribution in [0.2, 0.25) is 0 Å². The average molecular weight is 260 g/mol. The number of benzene rings is 1. The number of aromatic amines is 1. The van der Waals surface area contributed by atoms with E-state index in [1.165, 1.54) is 6.33 Å². The highest BCUT2D eigenvalue weighted by Gasteiger charge is 2.12. The van der Waals surface area contributed by atoms with Crippen molar-refractivity contribution in [3.8, 4) is 0 Å². The molecule has 1 atom stereocenters. The van der Waals surface area contributed by atoms with Crippen LogP contribution in [-0.2, 0) is 6.42 Å². The van der Waals surface area contributed by atoms with Crippen LogP contribution in [0.3, 0.4) is 0 Å². The van der Waals surface area contributed by atoms with Crippen LogP contribution >= 0.6 is 0 Å². The summed E-state index contributed by atoms with van der Waals surface area (Å²) >= 11 is 0. The van der Waals surface area contributed by atoms with Crippen LogP contribution in [0.15, 0.2) is 41.5 Å². The SMILES string of the molecule is Nc1c(NC(CO)Cc2ccccc2)nc[nH]c1=O. The number of aliphatic hydroxyl groups excluding tert-OH is 1. The molecule has 1 heterocycles. The summed E-state index contributed by atoms with van der Waals surface area (Å²) in [6.07, 6.45) is 1.89. The molecule has 2 aromatic rings. The zero-order chi connectivity index (χ0) is 13.7. The van der Waals surface area contributed by atoms with Crippen molar-refractivity contribution in [2.45, 2.75) is 12.5 Å². The second-order valence-electron chi connectivity index (χ2n) is 4.21. The summed E-state index contributed by atoms with van der Waals surface area (Å²) in [6.45, 7) is -0.0805. The fourth-order valence-corrected chi connectivity index (χ4v) is 1.78. The van der Waals surface area contributed by atoms with Crippen molar-refractivity contribution in [1.29, 1.82) is 0 Å². The highest BCUT2D eigenvalue weighted by molar-refractivity contribution is 5.59. The summed E-state index contributed by atoms with van der Waals surface area (Å²) in [5.74, 6) is 0.290. The third kappa shape index (κ3) is 3.32. The predicted octanol–water partition coefficient (Wildman–Crippen LogP) is 0.368. The minimum absolute atomic E-state index is 0.0222. The lowest BCUT2D eigenvalue weighted by molar-refractivity contribution is 0.273. The van der Waals surface area contributed by atoms with Gasteiger partial charge in [-0.15, -0.1) is 0 Å². The van der Waals surface area contributed by atoms with Gasteiger partial charge in [0.1, 0.15) is 5.69 Å². The number of nitrogens with one attached hydrogen (secondary N) is 2. The third-order valence-corrected chi connectivity index (χ3v) is 2.78. The van der Waals surface area contributed by atoms with Gasteiger partial charge in [0.25, 0.3) is 5.56 Å². The number of rotatable bonds is 5. The number of nitrogen functional groups attached to an aromatic ring is 1. The van der Waals surface area contributed by atoms with Crippen molar-refractivity contribution in [3.63, 3.8) is 0 Å². The number of aliphatic hydroxyl groups is 1. The monoisotopic (exact) mass is 260 g/mol. The maximum atomic E-state index is 11.3. The zero-order valence-corrected chi connectivity index (χ0v) is 10.3. The van der Waals surface area contributed by atoms with Crippen molar-refractivity contribution in [3.05, 3.63) is 52.6 Å². The molecule has 0 radical (unpaired) electrons. The molecule has 0 saturated carbocycles. The van der Waals surface area contributed by atoms with Crippen LogP contribution < -0.4 is 16.6 Å². The lowest BCUT2D eigenvalue weighted by atomic mass is 10.1. The van der Waals surface area contributed by atoms with Crippen LogP contribution in [-0.4, -0.2) is 27.7 Å². The van der Waals surface area contributed by atoms with Crippen LogP contribution in [0.4, 0.5) is 11.5 Å². The van der Waals surface area contributed by atoms with Crippen LogP contribution in [0.5, 0.6) is 0 Å². The van der Waals surface area contributed by atoms with Gasteiger partial charge in [0.05, 0.1) is 19.0 Å². The molecule has 100 valence electrons. The largest absolute Gasteiger partial charge is 0.394 e. The molecule has 0 fully saturated rings. The van der Waals surface area contributed by atoms with E-state index in [9.17, 15) is 9.90 Å². The quantitative estimate of drug-likeness (QED) is 0.621. The van der Waals surface area contributed by atoms with Gasteiger partial charge in [0.15, 0.2) is 5.82 Å². The molecule has 0 aliphatic heterocycles. The Balaban J connectivity index is 2.11. The summed E-state index contributed by atoms with van der Waals surface area (Å²) < 4.78 is 0. The molecule has 1 aromatic heterocycles.